The minimum atomic E-state index is -0.800. The normalized spacial score (nSPS) is 12.8. The fraction of sp³-hybridized carbons (Fsp3) is 0.696. The van der Waals surface area contributed by atoms with Crippen molar-refractivity contribution in [3.05, 3.63) is 109 Å². The lowest BCUT2D eigenvalue weighted by Gasteiger charge is -2.18. The molecule has 0 aliphatic rings. The summed E-state index contributed by atoms with van der Waals surface area (Å²) >= 11 is 0. The maximum atomic E-state index is 12.9. The van der Waals surface area contributed by atoms with Crippen LogP contribution in [0.1, 0.15) is 290 Å². The molecule has 0 N–H and O–H groups in total. The van der Waals surface area contributed by atoms with Crippen molar-refractivity contribution >= 4 is 17.9 Å². The highest BCUT2D eigenvalue weighted by molar-refractivity contribution is 5.71. The monoisotopic (exact) mass is 1040 g/mol. The standard InChI is InChI=1S/C69H116O6/c1-4-7-10-13-16-19-22-25-28-30-31-32-33-34-35-36-37-39-41-44-47-50-53-56-59-62-68(71)74-65-66(64-73-67(70)61-58-55-52-49-46-43-40-27-24-21-18-15-12-9-6-3)75-69(72)63-60-57-54-51-48-45-42-38-29-26-23-20-17-14-11-8-5-2/h7,10,16,19,25-29,31-32,34-35,37,39-40,44,47,66H,4-6,8-9,11-15,17-18,20-24,30,33,36,38,41-43,45-46,48-65H2,1-3H3/b10-7-,19-16-,28-25-,29-26-,32-31-,35-34-,39-37-,40-27-,47-44-. The maximum Gasteiger partial charge on any atom is 0.306 e. The van der Waals surface area contributed by atoms with Crippen LogP contribution in [-0.4, -0.2) is 37.2 Å². The van der Waals surface area contributed by atoms with Crippen LogP contribution in [-0.2, 0) is 28.6 Å². The first-order valence-corrected chi connectivity index (χ1v) is 31.4. The van der Waals surface area contributed by atoms with Crippen LogP contribution < -0.4 is 0 Å². The molecule has 0 saturated carbocycles. The Kier molecular flexibility index (Phi) is 59.3. The van der Waals surface area contributed by atoms with Gasteiger partial charge in [0.2, 0.25) is 0 Å². The van der Waals surface area contributed by atoms with Gasteiger partial charge in [-0.15, -0.1) is 0 Å². The van der Waals surface area contributed by atoms with Crippen LogP contribution in [0.25, 0.3) is 0 Å². The summed E-state index contributed by atoms with van der Waals surface area (Å²) in [7, 11) is 0. The van der Waals surface area contributed by atoms with Crippen molar-refractivity contribution in [2.45, 2.75) is 297 Å². The Morgan fingerprint density at radius 2 is 0.520 bits per heavy atom. The van der Waals surface area contributed by atoms with E-state index in [2.05, 4.69) is 130 Å². The Balaban J connectivity index is 4.45. The van der Waals surface area contributed by atoms with Gasteiger partial charge in [-0.05, 0) is 128 Å². The van der Waals surface area contributed by atoms with Gasteiger partial charge >= 0.3 is 17.9 Å². The van der Waals surface area contributed by atoms with Crippen LogP contribution in [0.2, 0.25) is 0 Å². The molecule has 0 radical (unpaired) electrons. The highest BCUT2D eigenvalue weighted by Crippen LogP contribution is 2.15. The molecule has 75 heavy (non-hydrogen) atoms. The van der Waals surface area contributed by atoms with Gasteiger partial charge in [-0.2, -0.15) is 0 Å². The smallest absolute Gasteiger partial charge is 0.306 e. The number of carbonyl (C=O) groups is 3. The molecule has 1 unspecified atom stereocenters. The van der Waals surface area contributed by atoms with Crippen LogP contribution in [0.5, 0.6) is 0 Å². The zero-order chi connectivity index (χ0) is 54.3. The topological polar surface area (TPSA) is 78.9 Å². The van der Waals surface area contributed by atoms with Crippen molar-refractivity contribution in [3.63, 3.8) is 0 Å². The Hall–Kier alpha value is -3.93. The fourth-order valence-electron chi connectivity index (χ4n) is 8.53. The molecule has 1 atom stereocenters. The largest absolute Gasteiger partial charge is 0.462 e. The van der Waals surface area contributed by atoms with Gasteiger partial charge in [0.25, 0.3) is 0 Å². The predicted octanol–water partition coefficient (Wildman–Crippen LogP) is 21.4. The van der Waals surface area contributed by atoms with Gasteiger partial charge in [-0.25, -0.2) is 0 Å². The van der Waals surface area contributed by atoms with E-state index in [0.29, 0.717) is 19.3 Å². The van der Waals surface area contributed by atoms with Crippen molar-refractivity contribution in [2.75, 3.05) is 13.2 Å². The molecule has 0 fully saturated rings. The molecule has 0 bridgehead atoms. The minimum absolute atomic E-state index is 0.0952. The van der Waals surface area contributed by atoms with Crippen LogP contribution in [0, 0.1) is 0 Å². The summed E-state index contributed by atoms with van der Waals surface area (Å²) in [6.07, 6.45) is 85.1. The quantitative estimate of drug-likeness (QED) is 0.0261. The molecule has 0 aromatic carbocycles. The van der Waals surface area contributed by atoms with Gasteiger partial charge < -0.3 is 14.2 Å². The first kappa shape index (κ1) is 71.1. The number of allylic oxidation sites excluding steroid dienone is 18. The number of carbonyl (C=O) groups excluding carboxylic acids is 3. The third kappa shape index (κ3) is 60.8. The lowest BCUT2D eigenvalue weighted by atomic mass is 10.1. The number of unbranched alkanes of at least 4 members (excludes halogenated alkanes) is 27. The van der Waals surface area contributed by atoms with E-state index >= 15 is 0 Å². The second-order valence-corrected chi connectivity index (χ2v) is 20.6. The summed E-state index contributed by atoms with van der Waals surface area (Å²) < 4.78 is 16.9. The highest BCUT2D eigenvalue weighted by Gasteiger charge is 2.19. The van der Waals surface area contributed by atoms with Gasteiger partial charge in [0.15, 0.2) is 6.10 Å². The molecule has 6 heteroatoms. The SMILES string of the molecule is CC/C=C\C/C=C\C/C=C\C/C=C\C/C=C\C/C=C\C/C=C\CCCCCC(=O)OCC(COC(=O)CCCCCCC/C=C\CCCCCCCC)OC(=O)CCCCCCCCC/C=C\CCCCCCCC. The van der Waals surface area contributed by atoms with Crippen LogP contribution >= 0.6 is 0 Å². The average molecular weight is 1040 g/mol. The summed E-state index contributed by atoms with van der Waals surface area (Å²) in [6.45, 7) is 6.49. The zero-order valence-corrected chi connectivity index (χ0v) is 49.0. The molecule has 6 nitrogen and oxygen atoms in total. The third-order valence-electron chi connectivity index (χ3n) is 13.2. The molecular formula is C69H116O6. The highest BCUT2D eigenvalue weighted by atomic mass is 16.6. The second-order valence-electron chi connectivity index (χ2n) is 20.6. The number of hydrogen-bond acceptors (Lipinski definition) is 6. The molecule has 0 amide bonds. The van der Waals surface area contributed by atoms with Crippen molar-refractivity contribution in [1.82, 2.24) is 0 Å². The third-order valence-corrected chi connectivity index (χ3v) is 13.2. The van der Waals surface area contributed by atoms with E-state index in [0.717, 1.165) is 116 Å². The van der Waals surface area contributed by atoms with Crippen LogP contribution in [0.4, 0.5) is 0 Å². The average Bonchev–Trinajstić information content (AvgIpc) is 3.41. The number of esters is 3. The van der Waals surface area contributed by atoms with E-state index in [1.54, 1.807) is 0 Å². The molecule has 0 aliphatic heterocycles. The van der Waals surface area contributed by atoms with Crippen molar-refractivity contribution in [1.29, 1.82) is 0 Å². The van der Waals surface area contributed by atoms with Gasteiger partial charge in [0.05, 0.1) is 0 Å². The Bertz CT molecular complexity index is 1520. The lowest BCUT2D eigenvalue weighted by molar-refractivity contribution is -0.167. The minimum Gasteiger partial charge on any atom is -0.462 e. The molecule has 0 rings (SSSR count). The Morgan fingerprint density at radius 3 is 0.840 bits per heavy atom. The van der Waals surface area contributed by atoms with Gasteiger partial charge in [0, 0.05) is 19.3 Å². The van der Waals surface area contributed by atoms with E-state index in [4.69, 9.17) is 14.2 Å². The summed E-state index contributed by atoms with van der Waals surface area (Å²) in [6, 6.07) is 0. The number of hydrogen-bond donors (Lipinski definition) is 0. The molecule has 0 spiro atoms. The number of rotatable bonds is 56. The van der Waals surface area contributed by atoms with E-state index in [1.165, 1.54) is 135 Å². The number of ether oxygens (including phenoxy) is 3. The first-order chi connectivity index (χ1) is 37.0. The fourth-order valence-corrected chi connectivity index (χ4v) is 8.53. The Labute approximate surface area is 463 Å². The van der Waals surface area contributed by atoms with Crippen molar-refractivity contribution in [2.24, 2.45) is 0 Å². The second kappa shape index (κ2) is 62.6. The predicted molar refractivity (Wildman–Crippen MR) is 325 cm³/mol. The van der Waals surface area contributed by atoms with Gasteiger partial charge in [-0.1, -0.05) is 252 Å². The molecule has 0 aromatic heterocycles. The van der Waals surface area contributed by atoms with Crippen molar-refractivity contribution in [3.8, 4) is 0 Å². The van der Waals surface area contributed by atoms with E-state index < -0.39 is 6.10 Å². The summed E-state index contributed by atoms with van der Waals surface area (Å²) in [5.74, 6) is -0.936. The summed E-state index contributed by atoms with van der Waals surface area (Å²) in [4.78, 5) is 38.3. The van der Waals surface area contributed by atoms with E-state index in [-0.39, 0.29) is 31.1 Å². The first-order valence-electron chi connectivity index (χ1n) is 31.4. The maximum absolute atomic E-state index is 12.9. The van der Waals surface area contributed by atoms with Crippen LogP contribution in [0.15, 0.2) is 109 Å². The molecular weight excluding hydrogens is 925 g/mol. The lowest BCUT2D eigenvalue weighted by Crippen LogP contribution is -2.30. The summed E-state index contributed by atoms with van der Waals surface area (Å²) in [5, 5.41) is 0. The molecule has 0 heterocycles. The molecule has 0 aromatic rings. The summed E-state index contributed by atoms with van der Waals surface area (Å²) in [5.41, 5.74) is 0. The molecule has 0 aliphatic carbocycles. The Morgan fingerprint density at radius 1 is 0.280 bits per heavy atom. The molecule has 0 saturated heterocycles. The van der Waals surface area contributed by atoms with Gasteiger partial charge in [-0.3, -0.25) is 14.4 Å². The van der Waals surface area contributed by atoms with E-state index in [1.807, 2.05) is 0 Å². The van der Waals surface area contributed by atoms with Crippen molar-refractivity contribution < 1.29 is 28.6 Å². The molecule has 428 valence electrons. The van der Waals surface area contributed by atoms with E-state index in [9.17, 15) is 14.4 Å². The zero-order valence-electron chi connectivity index (χ0n) is 49.0. The van der Waals surface area contributed by atoms with Gasteiger partial charge in [0.1, 0.15) is 13.2 Å². The van der Waals surface area contributed by atoms with Crippen LogP contribution in [0.3, 0.4) is 0 Å².